The van der Waals surface area contributed by atoms with Gasteiger partial charge in [-0.2, -0.15) is 0 Å². The number of piperidine rings is 1. The van der Waals surface area contributed by atoms with Crippen molar-refractivity contribution in [3.05, 3.63) is 21.4 Å². The molecule has 0 spiro atoms. The van der Waals surface area contributed by atoms with Gasteiger partial charge in [-0.15, -0.1) is 0 Å². The maximum Gasteiger partial charge on any atom is 0.310 e. The molecule has 1 aliphatic rings. The molecule has 0 atom stereocenters. The molecule has 0 amide bonds. The summed E-state index contributed by atoms with van der Waals surface area (Å²) in [4.78, 5) is 19.3. The summed E-state index contributed by atoms with van der Waals surface area (Å²) in [5.41, 5.74) is 4.43. The Labute approximate surface area is 160 Å². The van der Waals surface area contributed by atoms with Crippen molar-refractivity contribution in [2.45, 2.75) is 73.3 Å². The molecule has 2 rings (SSSR count). The van der Waals surface area contributed by atoms with E-state index >= 15 is 0 Å². The van der Waals surface area contributed by atoms with Gasteiger partial charge >= 0.3 is 5.97 Å². The van der Waals surface area contributed by atoms with Gasteiger partial charge in [-0.1, -0.05) is 20.3 Å². The molecule has 25 heavy (non-hydrogen) atoms. The van der Waals surface area contributed by atoms with Crippen molar-refractivity contribution in [3.63, 3.8) is 0 Å². The van der Waals surface area contributed by atoms with Crippen LogP contribution < -0.4 is 4.90 Å². The molecule has 4 nitrogen and oxygen atoms in total. The van der Waals surface area contributed by atoms with Crippen LogP contribution in [-0.2, 0) is 16.0 Å². The van der Waals surface area contributed by atoms with Gasteiger partial charge in [0.05, 0.1) is 28.4 Å². The zero-order valence-corrected chi connectivity index (χ0v) is 18.0. The molecule has 0 aliphatic carbocycles. The molecular weight excluding hydrogens is 380 g/mol. The number of aromatic nitrogens is 1. The van der Waals surface area contributed by atoms with Crippen molar-refractivity contribution in [1.29, 1.82) is 0 Å². The van der Waals surface area contributed by atoms with Crippen LogP contribution in [0.25, 0.3) is 0 Å². The Hall–Kier alpha value is -1.10. The Morgan fingerprint density at radius 2 is 1.88 bits per heavy atom. The maximum atomic E-state index is 12.3. The quantitative estimate of drug-likeness (QED) is 0.642. The fourth-order valence-corrected chi connectivity index (χ4v) is 4.04. The van der Waals surface area contributed by atoms with E-state index in [1.54, 1.807) is 0 Å². The number of pyridine rings is 1. The van der Waals surface area contributed by atoms with Crippen molar-refractivity contribution in [3.8, 4) is 0 Å². The van der Waals surface area contributed by atoms with E-state index in [0.717, 1.165) is 40.2 Å². The fourth-order valence-electron chi connectivity index (χ4n) is 3.46. The molecule has 0 radical (unpaired) electrons. The monoisotopic (exact) mass is 410 g/mol. The molecule has 0 N–H and O–H groups in total. The summed E-state index contributed by atoms with van der Waals surface area (Å²) in [5, 5.41) is 0. The number of esters is 1. The van der Waals surface area contributed by atoms with Crippen LogP contribution in [0.2, 0.25) is 0 Å². The van der Waals surface area contributed by atoms with Crippen LogP contribution in [0.15, 0.2) is 4.47 Å². The van der Waals surface area contributed by atoms with Crippen molar-refractivity contribution in [2.24, 2.45) is 5.41 Å². The van der Waals surface area contributed by atoms with E-state index in [1.807, 2.05) is 27.7 Å². The first-order valence-corrected chi connectivity index (χ1v) is 10.1. The number of ether oxygens (including phenoxy) is 1. The number of carbonyl (C=O) groups is 1. The van der Waals surface area contributed by atoms with Crippen LogP contribution >= 0.6 is 15.9 Å². The summed E-state index contributed by atoms with van der Waals surface area (Å²) in [6.45, 7) is 14.4. The van der Waals surface area contributed by atoms with E-state index in [0.29, 0.717) is 5.41 Å². The van der Waals surface area contributed by atoms with E-state index in [-0.39, 0.29) is 18.5 Å². The fraction of sp³-hybridized carbons (Fsp3) is 0.700. The largest absolute Gasteiger partial charge is 0.463 e. The van der Waals surface area contributed by atoms with Crippen LogP contribution in [0.3, 0.4) is 0 Å². The number of rotatable bonds is 5. The summed E-state index contributed by atoms with van der Waals surface area (Å²) in [6, 6.07) is 0. The van der Waals surface area contributed by atoms with Gasteiger partial charge in [-0.25, -0.2) is 0 Å². The second kappa shape index (κ2) is 8.07. The molecule has 0 unspecified atom stereocenters. The number of nitrogens with zero attached hydrogens (tertiary/aromatic N) is 2. The van der Waals surface area contributed by atoms with E-state index in [4.69, 9.17) is 4.74 Å². The lowest BCUT2D eigenvalue weighted by Gasteiger charge is -2.41. The normalized spacial score (nSPS) is 17.0. The summed E-state index contributed by atoms with van der Waals surface area (Å²) >= 11 is 3.73. The van der Waals surface area contributed by atoms with Gasteiger partial charge in [0.2, 0.25) is 0 Å². The predicted molar refractivity (Wildman–Crippen MR) is 106 cm³/mol. The first-order valence-electron chi connectivity index (χ1n) is 9.27. The Bertz CT molecular complexity index is 635. The number of halogens is 1. The van der Waals surface area contributed by atoms with Crippen LogP contribution in [0.1, 0.15) is 63.9 Å². The lowest BCUT2D eigenvalue weighted by Crippen LogP contribution is -2.39. The third-order valence-corrected chi connectivity index (χ3v) is 6.36. The first-order chi connectivity index (χ1) is 11.7. The molecule has 1 aliphatic heterocycles. The van der Waals surface area contributed by atoms with Crippen LogP contribution in [0.5, 0.6) is 0 Å². The van der Waals surface area contributed by atoms with Crippen LogP contribution in [-0.4, -0.2) is 30.1 Å². The highest BCUT2D eigenvalue weighted by molar-refractivity contribution is 9.10. The smallest absolute Gasteiger partial charge is 0.310 e. The third-order valence-electron chi connectivity index (χ3n) is 5.41. The van der Waals surface area contributed by atoms with Gasteiger partial charge in [0.15, 0.2) is 0 Å². The van der Waals surface area contributed by atoms with Crippen molar-refractivity contribution >= 4 is 27.6 Å². The zero-order valence-electron chi connectivity index (χ0n) is 16.4. The summed E-state index contributed by atoms with van der Waals surface area (Å²) in [7, 11) is 0. The molecule has 2 heterocycles. The SMILES string of the molecule is CCC1(C)CCN(c2c(Br)c(C)nc(C)c2CC(=O)OC(C)C)CC1. The minimum atomic E-state index is -0.188. The topological polar surface area (TPSA) is 42.4 Å². The average Bonchev–Trinajstić information content (AvgIpc) is 2.53. The molecule has 1 fully saturated rings. The molecule has 140 valence electrons. The predicted octanol–water partition coefficient (Wildman–Crippen LogP) is 4.97. The molecule has 1 aromatic rings. The number of hydrogen-bond donors (Lipinski definition) is 0. The zero-order chi connectivity index (χ0) is 18.8. The number of anilines is 1. The standard InChI is InChI=1S/C20H31BrN2O2/c1-7-20(6)8-10-23(11-9-20)19-16(12-17(24)25-13(2)3)14(4)22-15(5)18(19)21/h13H,7-12H2,1-6H3. The van der Waals surface area contributed by atoms with Crippen molar-refractivity contribution in [2.75, 3.05) is 18.0 Å². The number of hydrogen-bond acceptors (Lipinski definition) is 4. The second-order valence-electron chi connectivity index (χ2n) is 7.79. The van der Waals surface area contributed by atoms with Gasteiger partial charge in [0.25, 0.3) is 0 Å². The van der Waals surface area contributed by atoms with Gasteiger partial charge < -0.3 is 9.64 Å². The van der Waals surface area contributed by atoms with E-state index in [2.05, 4.69) is 39.7 Å². The molecule has 1 saturated heterocycles. The van der Waals surface area contributed by atoms with Crippen molar-refractivity contribution in [1.82, 2.24) is 4.98 Å². The van der Waals surface area contributed by atoms with Crippen LogP contribution in [0.4, 0.5) is 5.69 Å². The summed E-state index contributed by atoms with van der Waals surface area (Å²) < 4.78 is 6.38. The number of carbonyl (C=O) groups excluding carboxylic acids is 1. The van der Waals surface area contributed by atoms with Gasteiger partial charge in [0, 0.05) is 24.3 Å². The number of aryl methyl sites for hydroxylation is 2. The minimum absolute atomic E-state index is 0.0987. The Morgan fingerprint density at radius 3 is 2.40 bits per heavy atom. The highest BCUT2D eigenvalue weighted by Crippen LogP contribution is 2.40. The van der Waals surface area contributed by atoms with Gasteiger partial charge in [-0.3, -0.25) is 9.78 Å². The molecule has 0 bridgehead atoms. The molecular formula is C20H31BrN2O2. The summed E-state index contributed by atoms with van der Waals surface area (Å²) in [5.74, 6) is -0.188. The second-order valence-corrected chi connectivity index (χ2v) is 8.58. The Kier molecular flexibility index (Phi) is 6.52. The molecule has 5 heteroatoms. The third kappa shape index (κ3) is 4.75. The molecule has 0 aromatic carbocycles. The Morgan fingerprint density at radius 1 is 1.28 bits per heavy atom. The van der Waals surface area contributed by atoms with Crippen LogP contribution in [0, 0.1) is 19.3 Å². The summed E-state index contributed by atoms with van der Waals surface area (Å²) in [6.07, 6.45) is 3.73. The Balaban J connectivity index is 2.34. The molecule has 1 aromatic heterocycles. The van der Waals surface area contributed by atoms with Crippen molar-refractivity contribution < 1.29 is 9.53 Å². The minimum Gasteiger partial charge on any atom is -0.463 e. The first kappa shape index (κ1) is 20.2. The average molecular weight is 411 g/mol. The van der Waals surface area contributed by atoms with E-state index in [9.17, 15) is 4.79 Å². The lowest BCUT2D eigenvalue weighted by molar-refractivity contribution is -0.146. The lowest BCUT2D eigenvalue weighted by atomic mass is 9.78. The maximum absolute atomic E-state index is 12.3. The van der Waals surface area contributed by atoms with E-state index in [1.165, 1.54) is 19.3 Å². The van der Waals surface area contributed by atoms with E-state index < -0.39 is 0 Å². The highest BCUT2D eigenvalue weighted by Gasteiger charge is 2.31. The highest BCUT2D eigenvalue weighted by atomic mass is 79.9. The molecule has 0 saturated carbocycles. The van der Waals surface area contributed by atoms with Gasteiger partial charge in [0.1, 0.15) is 0 Å². The van der Waals surface area contributed by atoms with Gasteiger partial charge in [-0.05, 0) is 61.9 Å².